The molecule has 7 nitrogen and oxygen atoms in total. The van der Waals surface area contributed by atoms with E-state index in [1.165, 1.54) is 0 Å². The minimum absolute atomic E-state index is 0.0105. The van der Waals surface area contributed by atoms with Crippen molar-refractivity contribution >= 4 is 29.5 Å². The minimum atomic E-state index is -0.568. The molecule has 0 saturated carbocycles. The molecule has 0 aromatic rings. The van der Waals surface area contributed by atoms with Crippen molar-refractivity contribution in [2.24, 2.45) is 11.8 Å². The molecule has 3 heterocycles. The van der Waals surface area contributed by atoms with Crippen LogP contribution < -0.4 is 0 Å². The van der Waals surface area contributed by atoms with Crippen LogP contribution in [0.25, 0.3) is 0 Å². The van der Waals surface area contributed by atoms with Crippen molar-refractivity contribution in [3.05, 3.63) is 25.3 Å². The van der Waals surface area contributed by atoms with Crippen LogP contribution in [0.3, 0.4) is 0 Å². The second-order valence-electron chi connectivity index (χ2n) is 10.4. The lowest BCUT2D eigenvalue weighted by molar-refractivity contribution is -0.144. The molecule has 3 aliphatic rings. The van der Waals surface area contributed by atoms with Gasteiger partial charge in [-0.05, 0) is 38.5 Å². The number of thioether (sulfide) groups is 1. The van der Waals surface area contributed by atoms with Crippen molar-refractivity contribution in [2.45, 2.75) is 81.3 Å². The van der Waals surface area contributed by atoms with Gasteiger partial charge in [-0.3, -0.25) is 14.4 Å². The van der Waals surface area contributed by atoms with Crippen LogP contribution in [-0.4, -0.2) is 92.9 Å². The van der Waals surface area contributed by atoms with Crippen molar-refractivity contribution in [3.8, 4) is 0 Å². The Balaban J connectivity index is 1.96. The Hall–Kier alpha value is -1.80. The van der Waals surface area contributed by atoms with Gasteiger partial charge < -0.3 is 19.8 Å². The van der Waals surface area contributed by atoms with E-state index < -0.39 is 22.6 Å². The quantitative estimate of drug-likeness (QED) is 0.249. The van der Waals surface area contributed by atoms with Crippen LogP contribution in [0.2, 0.25) is 0 Å². The van der Waals surface area contributed by atoms with Gasteiger partial charge in [-0.25, -0.2) is 0 Å². The molecule has 0 aromatic carbocycles. The lowest BCUT2D eigenvalue weighted by Gasteiger charge is -2.37. The molecule has 3 aliphatic heterocycles. The first kappa shape index (κ1) is 28.8. The molecule has 8 heteroatoms. The fourth-order valence-corrected chi connectivity index (χ4v) is 8.66. The zero-order valence-electron chi connectivity index (χ0n) is 22.2. The summed E-state index contributed by atoms with van der Waals surface area (Å²) in [5, 5.41) is 9.42. The predicted molar refractivity (Wildman–Crippen MR) is 146 cm³/mol. The van der Waals surface area contributed by atoms with E-state index in [1.807, 2.05) is 16.7 Å². The zero-order valence-corrected chi connectivity index (χ0v) is 23.0. The third kappa shape index (κ3) is 5.40. The molecular weight excluding hydrogens is 474 g/mol. The number of aliphatic hydroxyl groups is 1. The molecule has 2 bridgehead atoms. The lowest BCUT2D eigenvalue weighted by Crippen LogP contribution is -2.55. The largest absolute Gasteiger partial charge is 0.396 e. The van der Waals surface area contributed by atoms with E-state index in [-0.39, 0.29) is 29.6 Å². The standard InChI is InChI=1S/C28H45N3O4S/c1-5-9-10-18-30(17-8-4)27(35)24-28-14-13-21(36-28)22(25(33)29(15-6-2)16-7-3)23(28)26(34)31(24)19-11-12-20-32/h6,8,21-24,32H,2,4-5,7,9-20H2,1,3H3/t21-,22+,23-,24?,28?/m0/s1. The maximum Gasteiger partial charge on any atom is 0.247 e. The summed E-state index contributed by atoms with van der Waals surface area (Å²) < 4.78 is -0.561. The highest BCUT2D eigenvalue weighted by Crippen LogP contribution is 2.66. The fraction of sp³-hybridized carbons (Fsp3) is 0.750. The molecule has 3 fully saturated rings. The van der Waals surface area contributed by atoms with Crippen molar-refractivity contribution in [1.29, 1.82) is 0 Å². The number of hydrogen-bond donors (Lipinski definition) is 1. The SMILES string of the molecule is C=CCN(CCCCC)C(=O)C1N(CCCCO)C(=O)[C@@H]2[C@H](C(=O)N(CC=C)CCC)[C@@H]3CCC12S3. The summed E-state index contributed by atoms with van der Waals surface area (Å²) in [7, 11) is 0. The second-order valence-corrected chi connectivity index (χ2v) is 12.0. The number of unbranched alkanes of at least 4 members (excludes halogenated alkanes) is 3. The Morgan fingerprint density at radius 1 is 1.06 bits per heavy atom. The number of aliphatic hydroxyl groups excluding tert-OH is 1. The van der Waals surface area contributed by atoms with Gasteiger partial charge in [0.2, 0.25) is 17.7 Å². The summed E-state index contributed by atoms with van der Waals surface area (Å²) in [4.78, 5) is 47.5. The number of amides is 3. The van der Waals surface area contributed by atoms with Crippen LogP contribution in [0.4, 0.5) is 0 Å². The predicted octanol–water partition coefficient (Wildman–Crippen LogP) is 3.48. The molecule has 0 aliphatic carbocycles. The summed E-state index contributed by atoms with van der Waals surface area (Å²) in [6.45, 7) is 14.6. The van der Waals surface area contributed by atoms with Crippen molar-refractivity contribution in [1.82, 2.24) is 14.7 Å². The summed E-state index contributed by atoms with van der Waals surface area (Å²) >= 11 is 1.73. The highest BCUT2D eigenvalue weighted by Gasteiger charge is 2.73. The van der Waals surface area contributed by atoms with Gasteiger partial charge in [-0.2, -0.15) is 0 Å². The average molecular weight is 520 g/mol. The number of fused-ring (bicyclic) bond motifs is 1. The van der Waals surface area contributed by atoms with E-state index in [0.717, 1.165) is 38.5 Å². The van der Waals surface area contributed by atoms with Crippen molar-refractivity contribution in [2.75, 3.05) is 39.3 Å². The maximum absolute atomic E-state index is 14.2. The number of carbonyl (C=O) groups is 3. The smallest absolute Gasteiger partial charge is 0.247 e. The molecule has 3 saturated heterocycles. The average Bonchev–Trinajstić information content (AvgIpc) is 3.50. The van der Waals surface area contributed by atoms with E-state index >= 15 is 0 Å². The van der Waals surface area contributed by atoms with Crippen LogP contribution >= 0.6 is 11.8 Å². The molecule has 2 unspecified atom stereocenters. The first-order chi connectivity index (χ1) is 17.4. The Kier molecular flexibility index (Phi) is 10.5. The molecule has 1 N–H and O–H groups in total. The van der Waals surface area contributed by atoms with Crippen LogP contribution in [0.15, 0.2) is 25.3 Å². The zero-order chi connectivity index (χ0) is 26.3. The van der Waals surface area contributed by atoms with Crippen molar-refractivity contribution in [3.63, 3.8) is 0 Å². The summed E-state index contributed by atoms with van der Waals surface area (Å²) in [5.41, 5.74) is 0. The Morgan fingerprint density at radius 2 is 1.75 bits per heavy atom. The van der Waals surface area contributed by atoms with Gasteiger partial charge in [0.1, 0.15) is 6.04 Å². The molecule has 0 aromatic heterocycles. The number of likely N-dealkylation sites (tertiary alicyclic amines) is 1. The molecule has 0 radical (unpaired) electrons. The molecule has 1 spiro atoms. The molecule has 36 heavy (non-hydrogen) atoms. The normalized spacial score (nSPS) is 28.3. The lowest BCUT2D eigenvalue weighted by atomic mass is 9.70. The molecule has 3 rings (SSSR count). The van der Waals surface area contributed by atoms with Crippen molar-refractivity contribution < 1.29 is 19.5 Å². The monoisotopic (exact) mass is 519 g/mol. The minimum Gasteiger partial charge on any atom is -0.396 e. The number of rotatable bonds is 16. The summed E-state index contributed by atoms with van der Waals surface area (Å²) in [5.74, 6) is -0.898. The second kappa shape index (κ2) is 13.1. The van der Waals surface area contributed by atoms with E-state index in [9.17, 15) is 19.5 Å². The van der Waals surface area contributed by atoms with Gasteiger partial charge in [0, 0.05) is 44.6 Å². The number of hydrogen-bond acceptors (Lipinski definition) is 5. The Bertz CT molecular complexity index is 821. The molecule has 5 atom stereocenters. The number of nitrogens with zero attached hydrogens (tertiary/aromatic N) is 3. The first-order valence-electron chi connectivity index (χ1n) is 13.8. The van der Waals surface area contributed by atoms with Crippen LogP contribution in [0, 0.1) is 11.8 Å². The maximum atomic E-state index is 14.2. The van der Waals surface area contributed by atoms with Crippen LogP contribution in [0.5, 0.6) is 0 Å². The van der Waals surface area contributed by atoms with Crippen LogP contribution in [0.1, 0.15) is 65.2 Å². The molecule has 202 valence electrons. The van der Waals surface area contributed by atoms with Gasteiger partial charge in [-0.1, -0.05) is 38.8 Å². The van der Waals surface area contributed by atoms with Gasteiger partial charge in [0.15, 0.2) is 0 Å². The third-order valence-corrected chi connectivity index (χ3v) is 9.93. The van der Waals surface area contributed by atoms with E-state index in [1.54, 1.807) is 28.8 Å². The number of carbonyl (C=O) groups excluding carboxylic acids is 3. The van der Waals surface area contributed by atoms with Gasteiger partial charge in [-0.15, -0.1) is 24.9 Å². The highest BCUT2D eigenvalue weighted by molar-refractivity contribution is 8.02. The van der Waals surface area contributed by atoms with Gasteiger partial charge in [0.25, 0.3) is 0 Å². The third-order valence-electron chi connectivity index (χ3n) is 7.97. The highest BCUT2D eigenvalue weighted by atomic mass is 32.2. The fourth-order valence-electron chi connectivity index (χ4n) is 6.45. The summed E-state index contributed by atoms with van der Waals surface area (Å²) in [6.07, 6.45) is 10.2. The van der Waals surface area contributed by atoms with E-state index in [4.69, 9.17) is 0 Å². The first-order valence-corrected chi connectivity index (χ1v) is 14.7. The molecule has 3 amide bonds. The van der Waals surface area contributed by atoms with Gasteiger partial charge >= 0.3 is 0 Å². The van der Waals surface area contributed by atoms with Gasteiger partial charge in [0.05, 0.1) is 16.6 Å². The van der Waals surface area contributed by atoms with Crippen LogP contribution in [-0.2, 0) is 14.4 Å². The topological polar surface area (TPSA) is 81.2 Å². The summed E-state index contributed by atoms with van der Waals surface area (Å²) in [6, 6.07) is -0.568. The Morgan fingerprint density at radius 3 is 2.36 bits per heavy atom. The van der Waals surface area contributed by atoms with E-state index in [2.05, 4.69) is 20.1 Å². The van der Waals surface area contributed by atoms with E-state index in [0.29, 0.717) is 45.6 Å². The Labute approximate surface area is 221 Å². The molecular formula is C28H45N3O4S.